The molecule has 1 aliphatic rings. The molecule has 2 aromatic rings. The molecule has 0 unspecified atom stereocenters. The van der Waals surface area contributed by atoms with E-state index < -0.39 is 0 Å². The van der Waals surface area contributed by atoms with Crippen molar-refractivity contribution < 1.29 is 9.47 Å². The second-order valence-electron chi connectivity index (χ2n) is 5.89. The largest absolute Gasteiger partial charge is 0.493 e. The van der Waals surface area contributed by atoms with Gasteiger partial charge < -0.3 is 25.1 Å². The Bertz CT molecular complexity index is 762. The first-order chi connectivity index (χ1) is 12.2. The van der Waals surface area contributed by atoms with Gasteiger partial charge in [-0.25, -0.2) is 4.99 Å². The SMILES string of the molecule is COc1ccc(CN=C(N)NCc2nnc3n2CCCC3)cc1OC.I. The molecule has 0 amide bonds. The minimum absolute atomic E-state index is 0. The Kier molecular flexibility index (Phi) is 7.49. The van der Waals surface area contributed by atoms with Gasteiger partial charge in [0, 0.05) is 13.0 Å². The Morgan fingerprint density at radius 1 is 1.23 bits per heavy atom. The third kappa shape index (κ3) is 4.77. The summed E-state index contributed by atoms with van der Waals surface area (Å²) < 4.78 is 12.7. The van der Waals surface area contributed by atoms with Gasteiger partial charge in [-0.3, -0.25) is 0 Å². The fourth-order valence-corrected chi connectivity index (χ4v) is 2.88. The molecule has 0 atom stereocenters. The molecule has 9 heteroatoms. The second-order valence-corrected chi connectivity index (χ2v) is 5.89. The van der Waals surface area contributed by atoms with Crippen molar-refractivity contribution in [1.82, 2.24) is 20.1 Å². The van der Waals surface area contributed by atoms with Gasteiger partial charge in [0.15, 0.2) is 23.3 Å². The number of fused-ring (bicyclic) bond motifs is 1. The summed E-state index contributed by atoms with van der Waals surface area (Å²) in [7, 11) is 3.22. The molecule has 142 valence electrons. The number of hydrogen-bond donors (Lipinski definition) is 2. The molecule has 1 aliphatic heterocycles. The molecule has 8 nitrogen and oxygen atoms in total. The lowest BCUT2D eigenvalue weighted by Crippen LogP contribution is -2.32. The second kappa shape index (κ2) is 9.60. The van der Waals surface area contributed by atoms with E-state index in [2.05, 4.69) is 25.1 Å². The molecule has 2 heterocycles. The number of aryl methyl sites for hydroxylation is 1. The smallest absolute Gasteiger partial charge is 0.189 e. The number of rotatable bonds is 6. The molecule has 3 rings (SSSR count). The van der Waals surface area contributed by atoms with Crippen LogP contribution in [-0.2, 0) is 26.1 Å². The summed E-state index contributed by atoms with van der Waals surface area (Å²) in [6, 6.07) is 5.69. The van der Waals surface area contributed by atoms with Crippen LogP contribution in [0.2, 0.25) is 0 Å². The molecule has 0 bridgehead atoms. The van der Waals surface area contributed by atoms with Crippen molar-refractivity contribution >= 4 is 29.9 Å². The van der Waals surface area contributed by atoms with Crippen LogP contribution in [0.15, 0.2) is 23.2 Å². The number of nitrogens with zero attached hydrogens (tertiary/aromatic N) is 4. The van der Waals surface area contributed by atoms with Gasteiger partial charge in [0.05, 0.1) is 27.3 Å². The van der Waals surface area contributed by atoms with Crippen LogP contribution in [0.1, 0.15) is 30.1 Å². The number of aliphatic imine (C=N–C) groups is 1. The van der Waals surface area contributed by atoms with Crippen molar-refractivity contribution in [2.75, 3.05) is 14.2 Å². The molecule has 0 fully saturated rings. The topological polar surface area (TPSA) is 99.6 Å². The van der Waals surface area contributed by atoms with Crippen LogP contribution in [0.3, 0.4) is 0 Å². The Morgan fingerprint density at radius 2 is 2.04 bits per heavy atom. The van der Waals surface area contributed by atoms with E-state index in [0.29, 0.717) is 30.5 Å². The Balaban J connectivity index is 0.00000243. The van der Waals surface area contributed by atoms with Gasteiger partial charge >= 0.3 is 0 Å². The van der Waals surface area contributed by atoms with Gasteiger partial charge in [-0.15, -0.1) is 34.2 Å². The zero-order valence-electron chi connectivity index (χ0n) is 15.1. The highest BCUT2D eigenvalue weighted by molar-refractivity contribution is 14.0. The van der Waals surface area contributed by atoms with Crippen LogP contribution in [0.4, 0.5) is 0 Å². The minimum Gasteiger partial charge on any atom is -0.493 e. The molecular formula is C17H25IN6O2. The maximum atomic E-state index is 5.97. The zero-order valence-corrected chi connectivity index (χ0v) is 17.4. The predicted molar refractivity (Wildman–Crippen MR) is 110 cm³/mol. The van der Waals surface area contributed by atoms with Crippen molar-refractivity contribution in [2.45, 2.75) is 38.9 Å². The highest BCUT2D eigenvalue weighted by atomic mass is 127. The van der Waals surface area contributed by atoms with Gasteiger partial charge in [-0.1, -0.05) is 6.07 Å². The normalized spacial score (nSPS) is 13.5. The monoisotopic (exact) mass is 472 g/mol. The van der Waals surface area contributed by atoms with E-state index in [9.17, 15) is 0 Å². The van der Waals surface area contributed by atoms with Crippen molar-refractivity contribution in [3.05, 3.63) is 35.4 Å². The number of nitrogens with two attached hydrogens (primary N) is 1. The molecule has 1 aromatic heterocycles. The Labute approximate surface area is 170 Å². The third-order valence-corrected chi connectivity index (χ3v) is 4.24. The van der Waals surface area contributed by atoms with Gasteiger partial charge in [0.2, 0.25) is 0 Å². The molecular weight excluding hydrogens is 447 g/mol. The summed E-state index contributed by atoms with van der Waals surface area (Å²) in [6.07, 6.45) is 3.34. The summed E-state index contributed by atoms with van der Waals surface area (Å²) in [5.41, 5.74) is 6.95. The maximum absolute atomic E-state index is 5.97. The van der Waals surface area contributed by atoms with Crippen LogP contribution in [0.25, 0.3) is 0 Å². The summed E-state index contributed by atoms with van der Waals surface area (Å²) in [5, 5.41) is 11.6. The molecule has 3 N–H and O–H groups in total. The molecule has 1 aromatic carbocycles. The van der Waals surface area contributed by atoms with Crippen molar-refractivity contribution in [3.63, 3.8) is 0 Å². The summed E-state index contributed by atoms with van der Waals surface area (Å²) in [5.74, 6) is 3.71. The van der Waals surface area contributed by atoms with Crippen LogP contribution in [0.5, 0.6) is 11.5 Å². The van der Waals surface area contributed by atoms with Gasteiger partial charge in [-0.05, 0) is 30.5 Å². The van der Waals surface area contributed by atoms with E-state index in [1.807, 2.05) is 18.2 Å². The zero-order chi connectivity index (χ0) is 17.6. The quantitative estimate of drug-likeness (QED) is 0.378. The van der Waals surface area contributed by atoms with E-state index in [1.54, 1.807) is 14.2 Å². The molecule has 0 aliphatic carbocycles. The van der Waals surface area contributed by atoms with Crippen LogP contribution in [0, 0.1) is 0 Å². The Hall–Kier alpha value is -2.04. The number of methoxy groups -OCH3 is 2. The lowest BCUT2D eigenvalue weighted by Gasteiger charge is -2.15. The number of halogens is 1. The lowest BCUT2D eigenvalue weighted by atomic mass is 10.2. The highest BCUT2D eigenvalue weighted by Crippen LogP contribution is 2.27. The first-order valence-electron chi connectivity index (χ1n) is 8.37. The number of benzene rings is 1. The lowest BCUT2D eigenvalue weighted by molar-refractivity contribution is 0.354. The summed E-state index contributed by atoms with van der Waals surface area (Å²) in [4.78, 5) is 4.37. The average molecular weight is 472 g/mol. The highest BCUT2D eigenvalue weighted by Gasteiger charge is 2.15. The molecule has 0 radical (unpaired) electrons. The van der Waals surface area contributed by atoms with Crippen molar-refractivity contribution in [1.29, 1.82) is 0 Å². The van der Waals surface area contributed by atoms with E-state index in [4.69, 9.17) is 15.2 Å². The first-order valence-corrected chi connectivity index (χ1v) is 8.37. The Morgan fingerprint density at radius 3 is 2.81 bits per heavy atom. The predicted octanol–water partition coefficient (Wildman–Crippen LogP) is 1.85. The van der Waals surface area contributed by atoms with Gasteiger partial charge in [0.1, 0.15) is 5.82 Å². The van der Waals surface area contributed by atoms with Gasteiger partial charge in [0.25, 0.3) is 0 Å². The molecule has 0 spiro atoms. The minimum atomic E-state index is 0. The van der Waals surface area contributed by atoms with E-state index in [-0.39, 0.29) is 24.0 Å². The van der Waals surface area contributed by atoms with Crippen LogP contribution < -0.4 is 20.5 Å². The maximum Gasteiger partial charge on any atom is 0.189 e. The molecule has 0 saturated carbocycles. The van der Waals surface area contributed by atoms with E-state index in [1.165, 1.54) is 12.8 Å². The number of hydrogen-bond acceptors (Lipinski definition) is 5. The van der Waals surface area contributed by atoms with Crippen molar-refractivity contribution in [3.8, 4) is 11.5 Å². The van der Waals surface area contributed by atoms with E-state index in [0.717, 1.165) is 30.2 Å². The number of ether oxygens (including phenoxy) is 2. The standard InChI is InChI=1S/C17H24N6O2.HI/c1-24-13-7-6-12(9-14(13)25-2)10-19-17(18)20-11-16-22-21-15-5-3-4-8-23(15)16;/h6-7,9H,3-5,8,10-11H2,1-2H3,(H3,18,19,20);1H. The fourth-order valence-electron chi connectivity index (χ4n) is 2.88. The van der Waals surface area contributed by atoms with Gasteiger partial charge in [-0.2, -0.15) is 0 Å². The van der Waals surface area contributed by atoms with E-state index >= 15 is 0 Å². The number of guanidine groups is 1. The first kappa shape index (κ1) is 20.3. The third-order valence-electron chi connectivity index (χ3n) is 4.24. The number of aromatic nitrogens is 3. The molecule has 0 saturated heterocycles. The average Bonchev–Trinajstić information content (AvgIpc) is 3.07. The molecule has 26 heavy (non-hydrogen) atoms. The summed E-state index contributed by atoms with van der Waals surface area (Å²) in [6.45, 7) is 1.95. The van der Waals surface area contributed by atoms with Crippen LogP contribution in [-0.4, -0.2) is 34.9 Å². The van der Waals surface area contributed by atoms with Crippen LogP contribution >= 0.6 is 24.0 Å². The fraction of sp³-hybridized carbons (Fsp3) is 0.471. The summed E-state index contributed by atoms with van der Waals surface area (Å²) >= 11 is 0. The number of nitrogens with one attached hydrogen (secondary N) is 1. The van der Waals surface area contributed by atoms with Crippen molar-refractivity contribution in [2.24, 2.45) is 10.7 Å².